The lowest BCUT2D eigenvalue weighted by Crippen LogP contribution is -2.53. The van der Waals surface area contributed by atoms with Crippen molar-refractivity contribution in [1.82, 2.24) is 0 Å². The van der Waals surface area contributed by atoms with Gasteiger partial charge in [-0.05, 0) is 24.2 Å². The molecule has 0 aromatic carbocycles. The standard InChI is InChI=1S/C9H13BrF2/c10-6-8(7-2-1-3-7)4-9(11,12)5-8/h7H,1-6H2. The van der Waals surface area contributed by atoms with Gasteiger partial charge in [-0.15, -0.1) is 0 Å². The van der Waals surface area contributed by atoms with Crippen molar-refractivity contribution in [3.63, 3.8) is 0 Å². The van der Waals surface area contributed by atoms with E-state index in [0.29, 0.717) is 5.92 Å². The molecule has 70 valence electrons. The van der Waals surface area contributed by atoms with Crippen LogP contribution in [0.1, 0.15) is 32.1 Å². The van der Waals surface area contributed by atoms with Gasteiger partial charge >= 0.3 is 0 Å². The van der Waals surface area contributed by atoms with Crippen LogP contribution < -0.4 is 0 Å². The summed E-state index contributed by atoms with van der Waals surface area (Å²) < 4.78 is 25.4. The van der Waals surface area contributed by atoms with Gasteiger partial charge in [0.15, 0.2) is 0 Å². The summed E-state index contributed by atoms with van der Waals surface area (Å²) in [6.45, 7) is 0. The maximum absolute atomic E-state index is 12.7. The van der Waals surface area contributed by atoms with Crippen LogP contribution in [0.25, 0.3) is 0 Å². The Bertz CT molecular complexity index is 179. The first kappa shape index (κ1) is 8.92. The highest BCUT2D eigenvalue weighted by atomic mass is 79.9. The van der Waals surface area contributed by atoms with Crippen molar-refractivity contribution in [2.24, 2.45) is 11.3 Å². The summed E-state index contributed by atoms with van der Waals surface area (Å²) in [4.78, 5) is 0. The Morgan fingerprint density at radius 2 is 1.83 bits per heavy atom. The largest absolute Gasteiger partial charge is 0.249 e. The molecule has 0 N–H and O–H groups in total. The summed E-state index contributed by atoms with van der Waals surface area (Å²) in [5.41, 5.74) is -0.0399. The molecule has 0 spiro atoms. The van der Waals surface area contributed by atoms with Crippen LogP contribution in [-0.4, -0.2) is 11.3 Å². The van der Waals surface area contributed by atoms with Gasteiger partial charge < -0.3 is 0 Å². The van der Waals surface area contributed by atoms with E-state index < -0.39 is 5.92 Å². The zero-order chi connectivity index (χ0) is 8.82. The molecule has 2 fully saturated rings. The van der Waals surface area contributed by atoms with Gasteiger partial charge in [0, 0.05) is 18.2 Å². The number of halogens is 3. The minimum Gasteiger partial charge on any atom is -0.207 e. The summed E-state index contributed by atoms with van der Waals surface area (Å²) in [5.74, 6) is -1.78. The fourth-order valence-electron chi connectivity index (χ4n) is 2.49. The van der Waals surface area contributed by atoms with Crippen molar-refractivity contribution in [3.05, 3.63) is 0 Å². The van der Waals surface area contributed by atoms with Crippen LogP contribution in [0.2, 0.25) is 0 Å². The summed E-state index contributed by atoms with van der Waals surface area (Å²) in [7, 11) is 0. The lowest BCUT2D eigenvalue weighted by atomic mass is 9.55. The van der Waals surface area contributed by atoms with E-state index in [4.69, 9.17) is 0 Å². The first-order chi connectivity index (χ1) is 5.58. The van der Waals surface area contributed by atoms with Crippen LogP contribution in [0, 0.1) is 11.3 Å². The van der Waals surface area contributed by atoms with E-state index in [1.54, 1.807) is 0 Å². The molecule has 2 aliphatic carbocycles. The minimum atomic E-state index is -2.36. The molecule has 0 saturated heterocycles. The summed E-state index contributed by atoms with van der Waals surface area (Å²) in [6, 6.07) is 0. The fourth-order valence-corrected chi connectivity index (χ4v) is 3.35. The second-order valence-electron chi connectivity index (χ2n) is 4.33. The molecule has 0 heterocycles. The molecule has 0 bridgehead atoms. The van der Waals surface area contributed by atoms with Crippen molar-refractivity contribution in [1.29, 1.82) is 0 Å². The monoisotopic (exact) mass is 238 g/mol. The number of hydrogen-bond acceptors (Lipinski definition) is 0. The third-order valence-electron chi connectivity index (χ3n) is 3.46. The average Bonchev–Trinajstić information content (AvgIpc) is 1.78. The van der Waals surface area contributed by atoms with E-state index in [1.165, 1.54) is 19.3 Å². The third-order valence-corrected chi connectivity index (χ3v) is 4.58. The van der Waals surface area contributed by atoms with Crippen LogP contribution in [-0.2, 0) is 0 Å². The van der Waals surface area contributed by atoms with Gasteiger partial charge in [0.25, 0.3) is 0 Å². The van der Waals surface area contributed by atoms with Gasteiger partial charge in [-0.1, -0.05) is 22.4 Å². The lowest BCUT2D eigenvalue weighted by Gasteiger charge is -2.54. The maximum Gasteiger partial charge on any atom is 0.249 e. The second-order valence-corrected chi connectivity index (χ2v) is 4.89. The van der Waals surface area contributed by atoms with Gasteiger partial charge in [0.1, 0.15) is 0 Å². The van der Waals surface area contributed by atoms with Gasteiger partial charge in [-0.3, -0.25) is 0 Å². The van der Waals surface area contributed by atoms with Gasteiger partial charge in [0.05, 0.1) is 0 Å². The quantitative estimate of drug-likeness (QED) is 0.646. The summed E-state index contributed by atoms with van der Waals surface area (Å²) in [5, 5.41) is 0.764. The van der Waals surface area contributed by atoms with Crippen molar-refractivity contribution in [2.75, 3.05) is 5.33 Å². The van der Waals surface area contributed by atoms with E-state index in [2.05, 4.69) is 15.9 Å². The second kappa shape index (κ2) is 2.66. The molecule has 0 aliphatic heterocycles. The summed E-state index contributed by atoms with van der Waals surface area (Å²) in [6.07, 6.45) is 3.82. The van der Waals surface area contributed by atoms with Gasteiger partial charge in [-0.2, -0.15) is 0 Å². The average molecular weight is 239 g/mol. The number of rotatable bonds is 2. The van der Waals surface area contributed by atoms with Crippen molar-refractivity contribution in [3.8, 4) is 0 Å². The lowest BCUT2D eigenvalue weighted by molar-refractivity contribution is -0.182. The first-order valence-electron chi connectivity index (χ1n) is 4.52. The molecule has 0 aromatic heterocycles. The van der Waals surface area contributed by atoms with Crippen LogP contribution in [0.3, 0.4) is 0 Å². The van der Waals surface area contributed by atoms with Crippen LogP contribution in [0.5, 0.6) is 0 Å². The molecule has 0 aromatic rings. The Labute approximate surface area is 79.8 Å². The molecule has 0 atom stereocenters. The van der Waals surface area contributed by atoms with E-state index >= 15 is 0 Å². The molecule has 0 nitrogen and oxygen atoms in total. The summed E-state index contributed by atoms with van der Waals surface area (Å²) >= 11 is 3.38. The minimum absolute atomic E-state index is 0.0399. The van der Waals surface area contributed by atoms with E-state index in [1.807, 2.05) is 0 Å². The molecule has 3 heteroatoms. The molecule has 2 rings (SSSR count). The third kappa shape index (κ3) is 1.21. The predicted octanol–water partition coefficient (Wildman–Crippen LogP) is 3.60. The normalized spacial score (nSPS) is 32.2. The topological polar surface area (TPSA) is 0 Å². The molecular weight excluding hydrogens is 226 g/mol. The Kier molecular flexibility index (Phi) is 1.98. The van der Waals surface area contributed by atoms with E-state index in [9.17, 15) is 8.78 Å². The SMILES string of the molecule is FC1(F)CC(CBr)(C2CCC2)C1. The molecule has 2 saturated carbocycles. The number of alkyl halides is 3. The van der Waals surface area contributed by atoms with Crippen LogP contribution >= 0.6 is 15.9 Å². The molecule has 0 amide bonds. The zero-order valence-electron chi connectivity index (χ0n) is 6.95. The Hall–Kier alpha value is 0.340. The molecule has 0 unspecified atom stereocenters. The highest BCUT2D eigenvalue weighted by Gasteiger charge is 2.59. The zero-order valence-corrected chi connectivity index (χ0v) is 8.54. The smallest absolute Gasteiger partial charge is 0.207 e. The van der Waals surface area contributed by atoms with Crippen molar-refractivity contribution < 1.29 is 8.78 Å². The fraction of sp³-hybridized carbons (Fsp3) is 1.00. The molecular formula is C9H13BrF2. The highest BCUT2D eigenvalue weighted by Crippen LogP contribution is 2.61. The van der Waals surface area contributed by atoms with E-state index in [0.717, 1.165) is 5.33 Å². The Balaban J connectivity index is 1.99. The van der Waals surface area contributed by atoms with Crippen molar-refractivity contribution in [2.45, 2.75) is 38.0 Å². The van der Waals surface area contributed by atoms with Crippen molar-refractivity contribution >= 4 is 15.9 Å². The molecule has 0 radical (unpaired) electrons. The number of hydrogen-bond donors (Lipinski definition) is 0. The molecule has 12 heavy (non-hydrogen) atoms. The van der Waals surface area contributed by atoms with Crippen LogP contribution in [0.15, 0.2) is 0 Å². The maximum atomic E-state index is 12.7. The predicted molar refractivity (Wildman–Crippen MR) is 47.7 cm³/mol. The van der Waals surface area contributed by atoms with Crippen LogP contribution in [0.4, 0.5) is 8.78 Å². The highest BCUT2D eigenvalue weighted by molar-refractivity contribution is 9.09. The Morgan fingerprint density at radius 1 is 1.25 bits per heavy atom. The molecule has 2 aliphatic rings. The first-order valence-corrected chi connectivity index (χ1v) is 5.64. The van der Waals surface area contributed by atoms with Gasteiger partial charge in [0.2, 0.25) is 5.92 Å². The van der Waals surface area contributed by atoms with Gasteiger partial charge in [-0.25, -0.2) is 8.78 Å². The van der Waals surface area contributed by atoms with E-state index in [-0.39, 0.29) is 18.3 Å². The Morgan fingerprint density at radius 3 is 2.08 bits per heavy atom.